The van der Waals surface area contributed by atoms with Gasteiger partial charge in [0.15, 0.2) is 0 Å². The fraction of sp³-hybridized carbons (Fsp3) is 0.231. The predicted molar refractivity (Wildman–Crippen MR) is 58.6 cm³/mol. The highest BCUT2D eigenvalue weighted by atomic mass is 19.1. The van der Waals surface area contributed by atoms with Crippen molar-refractivity contribution in [2.75, 3.05) is 0 Å². The zero-order chi connectivity index (χ0) is 11.7. The molecule has 3 heteroatoms. The van der Waals surface area contributed by atoms with Crippen molar-refractivity contribution < 1.29 is 13.9 Å². The number of furan rings is 1. The van der Waals surface area contributed by atoms with Crippen LogP contribution in [0, 0.1) is 19.7 Å². The molecule has 2 rings (SSSR count). The Morgan fingerprint density at radius 1 is 1.19 bits per heavy atom. The van der Waals surface area contributed by atoms with Gasteiger partial charge in [0.05, 0.1) is 0 Å². The Labute approximate surface area is 93.3 Å². The maximum Gasteiger partial charge on any atom is 0.139 e. The Kier molecular flexibility index (Phi) is 2.79. The molecule has 16 heavy (non-hydrogen) atoms. The van der Waals surface area contributed by atoms with Crippen LogP contribution in [-0.2, 0) is 0 Å². The monoisotopic (exact) mass is 220 g/mol. The molecule has 2 nitrogen and oxygen atoms in total. The van der Waals surface area contributed by atoms with Crippen molar-refractivity contribution in [1.82, 2.24) is 0 Å². The van der Waals surface area contributed by atoms with Gasteiger partial charge in [-0.3, -0.25) is 0 Å². The molecule has 1 N–H and O–H groups in total. The Bertz CT molecular complexity index is 502. The van der Waals surface area contributed by atoms with Crippen LogP contribution in [0.2, 0.25) is 0 Å². The van der Waals surface area contributed by atoms with Crippen LogP contribution in [0.25, 0.3) is 0 Å². The second kappa shape index (κ2) is 4.10. The summed E-state index contributed by atoms with van der Waals surface area (Å²) in [7, 11) is 0. The normalized spacial score (nSPS) is 12.8. The molecule has 0 spiro atoms. The lowest BCUT2D eigenvalue weighted by Gasteiger charge is -2.10. The lowest BCUT2D eigenvalue weighted by molar-refractivity contribution is 0.183. The first kappa shape index (κ1) is 10.9. The molecule has 0 aliphatic carbocycles. The summed E-state index contributed by atoms with van der Waals surface area (Å²) < 4.78 is 18.8. The van der Waals surface area contributed by atoms with Crippen LogP contribution >= 0.6 is 0 Å². The molecule has 1 heterocycles. The number of aryl methyl sites for hydroxylation is 2. The van der Waals surface area contributed by atoms with Crippen LogP contribution in [0.15, 0.2) is 34.7 Å². The third-order valence-corrected chi connectivity index (χ3v) is 2.48. The summed E-state index contributed by atoms with van der Waals surface area (Å²) in [6, 6.07) is 8.04. The van der Waals surface area contributed by atoms with Crippen molar-refractivity contribution >= 4 is 0 Å². The van der Waals surface area contributed by atoms with Gasteiger partial charge < -0.3 is 9.52 Å². The van der Waals surface area contributed by atoms with E-state index in [0.717, 1.165) is 5.56 Å². The first-order chi connectivity index (χ1) is 7.58. The van der Waals surface area contributed by atoms with E-state index in [9.17, 15) is 9.50 Å². The molecule has 84 valence electrons. The van der Waals surface area contributed by atoms with Crippen LogP contribution in [0.3, 0.4) is 0 Å². The van der Waals surface area contributed by atoms with E-state index in [4.69, 9.17) is 4.42 Å². The Morgan fingerprint density at radius 3 is 2.56 bits per heavy atom. The minimum atomic E-state index is -1.05. The zero-order valence-corrected chi connectivity index (χ0v) is 9.20. The number of rotatable bonds is 2. The average molecular weight is 220 g/mol. The topological polar surface area (TPSA) is 33.4 Å². The van der Waals surface area contributed by atoms with Crippen molar-refractivity contribution in [2.24, 2.45) is 0 Å². The molecule has 0 saturated heterocycles. The van der Waals surface area contributed by atoms with Gasteiger partial charge in [-0.15, -0.1) is 0 Å². The summed E-state index contributed by atoms with van der Waals surface area (Å²) >= 11 is 0. The summed E-state index contributed by atoms with van der Waals surface area (Å²) in [4.78, 5) is 0. The smallest absolute Gasteiger partial charge is 0.139 e. The van der Waals surface area contributed by atoms with Gasteiger partial charge in [-0.2, -0.15) is 0 Å². The number of aliphatic hydroxyl groups excluding tert-OH is 1. The van der Waals surface area contributed by atoms with Gasteiger partial charge >= 0.3 is 0 Å². The van der Waals surface area contributed by atoms with Gasteiger partial charge in [0, 0.05) is 5.56 Å². The number of hydrogen-bond acceptors (Lipinski definition) is 2. The fourth-order valence-electron chi connectivity index (χ4n) is 1.63. The van der Waals surface area contributed by atoms with E-state index in [2.05, 4.69) is 0 Å². The second-order valence-corrected chi connectivity index (χ2v) is 3.88. The summed E-state index contributed by atoms with van der Waals surface area (Å²) in [5.41, 5.74) is 1.15. The highest BCUT2D eigenvalue weighted by Gasteiger charge is 2.17. The summed E-state index contributed by atoms with van der Waals surface area (Å²) in [5.74, 6) is 0.635. The molecule has 0 bridgehead atoms. The van der Waals surface area contributed by atoms with E-state index in [1.807, 2.05) is 6.92 Å². The van der Waals surface area contributed by atoms with Crippen LogP contribution in [-0.4, -0.2) is 5.11 Å². The Morgan fingerprint density at radius 2 is 1.94 bits per heavy atom. The average Bonchev–Trinajstić information content (AvgIpc) is 2.67. The van der Waals surface area contributed by atoms with E-state index in [1.165, 1.54) is 6.07 Å². The second-order valence-electron chi connectivity index (χ2n) is 3.88. The molecule has 0 saturated carbocycles. The van der Waals surface area contributed by atoms with Crippen molar-refractivity contribution in [1.29, 1.82) is 0 Å². The zero-order valence-electron chi connectivity index (χ0n) is 9.20. The third-order valence-electron chi connectivity index (χ3n) is 2.48. The highest BCUT2D eigenvalue weighted by molar-refractivity contribution is 5.30. The Hall–Kier alpha value is -1.61. The van der Waals surface area contributed by atoms with Gasteiger partial charge in [-0.1, -0.05) is 17.7 Å². The van der Waals surface area contributed by atoms with E-state index in [1.54, 1.807) is 31.2 Å². The molecule has 1 unspecified atom stereocenters. The molecular formula is C13H13FO2. The van der Waals surface area contributed by atoms with E-state index >= 15 is 0 Å². The SMILES string of the molecule is Cc1ccc(F)c(C(O)c2ccc(C)o2)c1. The highest BCUT2D eigenvalue weighted by Crippen LogP contribution is 2.26. The van der Waals surface area contributed by atoms with Gasteiger partial charge in [-0.25, -0.2) is 4.39 Å². The minimum absolute atomic E-state index is 0.245. The van der Waals surface area contributed by atoms with Crippen molar-refractivity contribution in [3.63, 3.8) is 0 Å². The van der Waals surface area contributed by atoms with Crippen LogP contribution in [0.1, 0.15) is 28.8 Å². The van der Waals surface area contributed by atoms with Gasteiger partial charge in [0.25, 0.3) is 0 Å². The lowest BCUT2D eigenvalue weighted by Crippen LogP contribution is -2.01. The minimum Gasteiger partial charge on any atom is -0.463 e. The van der Waals surface area contributed by atoms with Crippen molar-refractivity contribution in [2.45, 2.75) is 20.0 Å². The summed E-state index contributed by atoms with van der Waals surface area (Å²) in [6.07, 6.45) is -1.05. The van der Waals surface area contributed by atoms with Gasteiger partial charge in [0.2, 0.25) is 0 Å². The van der Waals surface area contributed by atoms with E-state index in [-0.39, 0.29) is 5.56 Å². The fourth-order valence-corrected chi connectivity index (χ4v) is 1.63. The lowest BCUT2D eigenvalue weighted by atomic mass is 10.0. The molecule has 1 atom stereocenters. The number of hydrogen-bond donors (Lipinski definition) is 1. The first-order valence-electron chi connectivity index (χ1n) is 5.08. The maximum absolute atomic E-state index is 13.5. The van der Waals surface area contributed by atoms with Gasteiger partial charge in [-0.05, 0) is 32.0 Å². The molecule has 1 aromatic heterocycles. The molecule has 0 amide bonds. The number of halogens is 1. The molecule has 0 fully saturated rings. The maximum atomic E-state index is 13.5. The molecule has 2 aromatic rings. The third kappa shape index (κ3) is 1.99. The van der Waals surface area contributed by atoms with E-state index in [0.29, 0.717) is 11.5 Å². The van der Waals surface area contributed by atoms with Crippen LogP contribution in [0.5, 0.6) is 0 Å². The van der Waals surface area contributed by atoms with Crippen molar-refractivity contribution in [3.8, 4) is 0 Å². The quantitative estimate of drug-likeness (QED) is 0.843. The predicted octanol–water partition coefficient (Wildman–Crippen LogP) is 3.12. The van der Waals surface area contributed by atoms with E-state index < -0.39 is 11.9 Å². The molecule has 0 aliphatic heterocycles. The number of aliphatic hydroxyl groups is 1. The first-order valence-corrected chi connectivity index (χ1v) is 5.08. The van der Waals surface area contributed by atoms with Crippen LogP contribution in [0.4, 0.5) is 4.39 Å². The number of benzene rings is 1. The largest absolute Gasteiger partial charge is 0.463 e. The standard InChI is InChI=1S/C13H13FO2/c1-8-3-5-11(14)10(7-8)13(15)12-6-4-9(2)16-12/h3-7,13,15H,1-2H3. The summed E-state index contributed by atoms with van der Waals surface area (Å²) in [6.45, 7) is 3.63. The van der Waals surface area contributed by atoms with Crippen LogP contribution < -0.4 is 0 Å². The molecular weight excluding hydrogens is 207 g/mol. The van der Waals surface area contributed by atoms with Gasteiger partial charge in [0.1, 0.15) is 23.4 Å². The molecule has 1 aromatic carbocycles. The molecule has 0 radical (unpaired) electrons. The Balaban J connectivity index is 2.40. The molecule has 0 aliphatic rings. The van der Waals surface area contributed by atoms with Crippen molar-refractivity contribution in [3.05, 3.63) is 58.8 Å². The summed E-state index contributed by atoms with van der Waals surface area (Å²) in [5, 5.41) is 9.98.